The Morgan fingerprint density at radius 3 is 1.77 bits per heavy atom. The van der Waals surface area contributed by atoms with E-state index >= 15 is 0 Å². The zero-order chi connectivity index (χ0) is 42.3. The molecular weight excluding hydrogens is 784 g/mol. The molecule has 2 atom stereocenters. The zero-order valence-electron chi connectivity index (χ0n) is 35.4. The van der Waals surface area contributed by atoms with E-state index in [4.69, 9.17) is 26.3 Å². The summed E-state index contributed by atoms with van der Waals surface area (Å²) in [7, 11) is 5.39. The molecule has 9 rings (SSSR count). The zero-order valence-corrected chi connectivity index (χ0v) is 36.2. The van der Waals surface area contributed by atoms with Crippen molar-refractivity contribution in [2.45, 2.75) is 70.6 Å². The van der Waals surface area contributed by atoms with Crippen LogP contribution in [-0.2, 0) is 17.3 Å². The molecule has 0 spiro atoms. The lowest BCUT2D eigenvalue weighted by Crippen LogP contribution is -2.43. The molecule has 3 aromatic heterocycles. The van der Waals surface area contributed by atoms with Crippen LogP contribution in [0.4, 0.5) is 49.1 Å². The van der Waals surface area contributed by atoms with Crippen LogP contribution in [0.5, 0.6) is 5.88 Å². The van der Waals surface area contributed by atoms with Crippen molar-refractivity contribution in [3.63, 3.8) is 0 Å². The number of fused-ring (bicyclic) bond motifs is 4. The predicted molar refractivity (Wildman–Crippen MR) is 234 cm³/mol. The lowest BCUT2D eigenvalue weighted by atomic mass is 9.78. The van der Waals surface area contributed by atoms with Crippen LogP contribution in [0.1, 0.15) is 70.3 Å². The van der Waals surface area contributed by atoms with Crippen LogP contribution in [0.15, 0.2) is 60.8 Å². The van der Waals surface area contributed by atoms with Crippen LogP contribution in [0, 0.1) is 29.4 Å². The molecule has 15 heteroatoms. The van der Waals surface area contributed by atoms with E-state index in [9.17, 15) is 8.78 Å². The van der Waals surface area contributed by atoms with Gasteiger partial charge in [0.05, 0.1) is 19.0 Å². The van der Waals surface area contributed by atoms with Crippen LogP contribution < -0.4 is 30.1 Å². The summed E-state index contributed by atoms with van der Waals surface area (Å²) in [6, 6.07) is 15.1. The Hall–Kier alpha value is -5.37. The molecule has 60 heavy (non-hydrogen) atoms. The van der Waals surface area contributed by atoms with E-state index in [0.717, 1.165) is 103 Å². The number of benzene rings is 2. The molecule has 3 aliphatic heterocycles. The van der Waals surface area contributed by atoms with Gasteiger partial charge in [-0.2, -0.15) is 10.1 Å². The first-order chi connectivity index (χ1) is 28.8. The molecule has 2 unspecified atom stereocenters. The van der Waals surface area contributed by atoms with E-state index in [-0.39, 0.29) is 27.7 Å². The summed E-state index contributed by atoms with van der Waals surface area (Å²) in [5, 5.41) is 14.8. The van der Waals surface area contributed by atoms with Crippen LogP contribution in [0.2, 0.25) is 5.28 Å². The minimum Gasteiger partial charge on any atom is -0.480 e. The van der Waals surface area contributed by atoms with Crippen LogP contribution in [-0.4, -0.2) is 77.5 Å². The van der Waals surface area contributed by atoms with Gasteiger partial charge in [-0.15, -0.1) is 5.10 Å². The number of aromatic nitrogens is 6. The summed E-state index contributed by atoms with van der Waals surface area (Å²) in [5.41, 5.74) is 4.99. The van der Waals surface area contributed by atoms with E-state index in [1.165, 1.54) is 37.1 Å². The Morgan fingerprint density at radius 1 is 0.733 bits per heavy atom. The fraction of sp³-hybridized carbons (Fsp3) is 0.467. The van der Waals surface area contributed by atoms with Crippen molar-refractivity contribution < 1.29 is 13.5 Å². The number of methoxy groups -OCH3 is 1. The van der Waals surface area contributed by atoms with Crippen molar-refractivity contribution in [1.82, 2.24) is 30.1 Å². The van der Waals surface area contributed by atoms with E-state index in [1.807, 2.05) is 38.5 Å². The predicted octanol–water partition coefficient (Wildman–Crippen LogP) is 9.11. The van der Waals surface area contributed by atoms with Gasteiger partial charge in [0.15, 0.2) is 0 Å². The summed E-state index contributed by atoms with van der Waals surface area (Å²) in [6.45, 7) is 12.5. The van der Waals surface area contributed by atoms with Gasteiger partial charge in [-0.05, 0) is 114 Å². The Kier molecular flexibility index (Phi) is 11.4. The third kappa shape index (κ3) is 8.10. The third-order valence-corrected chi connectivity index (χ3v) is 13.1. The summed E-state index contributed by atoms with van der Waals surface area (Å²) >= 11 is 6.08. The molecule has 5 aromatic rings. The summed E-state index contributed by atoms with van der Waals surface area (Å²) < 4.78 is 32.2. The standard InChI is InChI=1S/C29H36FN7O.C16H18ClFN4/c1-29(2)11-12-37(21-9-7-20(30)8-10-21)28-26(29)27(31-3)33-24(34-28)14-23-18-5-6-19(23)17-36(16-18)22-13-25(38-4)35-32-15-22;1-16(2)8-9-22(11-6-4-10(18)5-7-11)14-12(16)13(19-3)20-15(17)21-14/h7-10,13,15,18-19,23H,5-6,11-12,14,16-17H2,1-4H3,(H,31,33,34);4-7H,8-9H2,1-3H3,(H,19,20,21). The number of nitrogens with one attached hydrogen (secondary N) is 2. The molecule has 2 bridgehead atoms. The molecule has 0 amide bonds. The summed E-state index contributed by atoms with van der Waals surface area (Å²) in [4.78, 5) is 25.8. The molecule has 2 fully saturated rings. The second-order valence-corrected chi connectivity index (χ2v) is 17.9. The van der Waals surface area contributed by atoms with Gasteiger partial charge in [-0.3, -0.25) is 0 Å². The number of rotatable bonds is 8. The van der Waals surface area contributed by atoms with Crippen molar-refractivity contribution in [1.29, 1.82) is 0 Å². The number of piperidine rings is 1. The third-order valence-electron chi connectivity index (χ3n) is 13.0. The molecular formula is C45H54ClF2N11O. The summed E-state index contributed by atoms with van der Waals surface area (Å²) in [5.74, 6) is 6.04. The van der Waals surface area contributed by atoms with Gasteiger partial charge in [-0.25, -0.2) is 23.7 Å². The van der Waals surface area contributed by atoms with Gasteiger partial charge >= 0.3 is 0 Å². The number of anilines is 7. The molecule has 2 aromatic carbocycles. The second kappa shape index (κ2) is 16.6. The maximum atomic E-state index is 13.7. The molecule has 12 nitrogen and oxygen atoms in total. The minimum absolute atomic E-state index is 0.0607. The monoisotopic (exact) mass is 837 g/mol. The Balaban J connectivity index is 0.000000193. The van der Waals surface area contributed by atoms with Crippen LogP contribution in [0.3, 0.4) is 0 Å². The van der Waals surface area contributed by atoms with Gasteiger partial charge in [0.2, 0.25) is 11.2 Å². The first-order valence-electron chi connectivity index (χ1n) is 20.8. The second-order valence-electron chi connectivity index (χ2n) is 17.6. The number of hydrogen-bond donors (Lipinski definition) is 2. The van der Waals surface area contributed by atoms with Crippen molar-refractivity contribution in [3.05, 3.63) is 94.7 Å². The van der Waals surface area contributed by atoms with Crippen molar-refractivity contribution in [3.8, 4) is 5.88 Å². The van der Waals surface area contributed by atoms with Gasteiger partial charge in [0.25, 0.3) is 0 Å². The molecule has 4 aliphatic rings. The smallest absolute Gasteiger partial charge is 0.235 e. The lowest BCUT2D eigenvalue weighted by Gasteiger charge is -2.41. The highest BCUT2D eigenvalue weighted by Crippen LogP contribution is 2.48. The van der Waals surface area contributed by atoms with Gasteiger partial charge in [0, 0.05) is 75.3 Å². The fourth-order valence-electron chi connectivity index (χ4n) is 9.70. The normalized spacial score (nSPS) is 21.0. The Bertz CT molecular complexity index is 2310. The highest BCUT2D eigenvalue weighted by molar-refractivity contribution is 6.28. The maximum absolute atomic E-state index is 13.7. The molecule has 316 valence electrons. The number of ether oxygens (including phenoxy) is 1. The topological polar surface area (TPSA) is 120 Å². The Morgan fingerprint density at radius 2 is 1.25 bits per heavy atom. The largest absolute Gasteiger partial charge is 0.480 e. The molecule has 2 N–H and O–H groups in total. The highest BCUT2D eigenvalue weighted by Gasteiger charge is 2.44. The average molecular weight is 838 g/mol. The van der Waals surface area contributed by atoms with Gasteiger partial charge < -0.3 is 30.1 Å². The number of halogens is 3. The van der Waals surface area contributed by atoms with E-state index in [1.54, 1.807) is 19.2 Å². The van der Waals surface area contributed by atoms with Gasteiger partial charge in [0.1, 0.15) is 40.7 Å². The molecule has 1 saturated carbocycles. The van der Waals surface area contributed by atoms with E-state index in [0.29, 0.717) is 23.6 Å². The van der Waals surface area contributed by atoms with Crippen molar-refractivity contribution >= 4 is 51.9 Å². The Labute approximate surface area is 356 Å². The van der Waals surface area contributed by atoms with Crippen LogP contribution in [0.25, 0.3) is 0 Å². The van der Waals surface area contributed by atoms with Gasteiger partial charge in [-0.1, -0.05) is 27.7 Å². The quantitative estimate of drug-likeness (QED) is 0.145. The average Bonchev–Trinajstić information content (AvgIpc) is 3.45. The minimum atomic E-state index is -0.252. The molecule has 6 heterocycles. The van der Waals surface area contributed by atoms with E-state index in [2.05, 4.69) is 73.2 Å². The van der Waals surface area contributed by atoms with E-state index < -0.39 is 0 Å². The fourth-order valence-corrected chi connectivity index (χ4v) is 9.86. The molecule has 1 aliphatic carbocycles. The molecule has 1 saturated heterocycles. The van der Waals surface area contributed by atoms with Crippen LogP contribution >= 0.6 is 11.6 Å². The number of nitrogens with zero attached hydrogens (tertiary/aromatic N) is 9. The highest BCUT2D eigenvalue weighted by atomic mass is 35.5. The first kappa shape index (κ1) is 41.4. The lowest BCUT2D eigenvalue weighted by molar-refractivity contribution is 0.265. The summed E-state index contributed by atoms with van der Waals surface area (Å²) in [6.07, 6.45) is 7.05. The molecule has 0 radical (unpaired) electrons. The van der Waals surface area contributed by atoms with Crippen molar-refractivity contribution in [2.24, 2.45) is 17.8 Å². The first-order valence-corrected chi connectivity index (χ1v) is 21.2. The maximum Gasteiger partial charge on any atom is 0.235 e. The SMILES string of the molecule is CNc1nc(CC2C3CCC2CN(c2cnnc(OC)c2)C3)nc2c1C(C)(C)CCN2c1ccc(F)cc1.CNc1nc(Cl)nc2c1C(C)(C)CCN2c1ccc(F)cc1. The van der Waals surface area contributed by atoms with Crippen molar-refractivity contribution in [2.75, 3.05) is 72.7 Å². The number of hydrogen-bond acceptors (Lipinski definition) is 12.